The lowest BCUT2D eigenvalue weighted by atomic mass is 10.1. The van der Waals surface area contributed by atoms with E-state index in [4.69, 9.17) is 10.00 Å². The van der Waals surface area contributed by atoms with Gasteiger partial charge in [-0.1, -0.05) is 0 Å². The lowest BCUT2D eigenvalue weighted by molar-refractivity contribution is 0.178. The summed E-state index contributed by atoms with van der Waals surface area (Å²) in [6.45, 7) is 6.02. The van der Waals surface area contributed by atoms with E-state index < -0.39 is 15.7 Å². The van der Waals surface area contributed by atoms with Crippen molar-refractivity contribution in [2.45, 2.75) is 32.7 Å². The molecule has 0 aliphatic heterocycles. The molecular formula is C10H21N3O3S. The molecule has 0 bridgehead atoms. The van der Waals surface area contributed by atoms with Crippen LogP contribution in [0.1, 0.15) is 27.2 Å². The van der Waals surface area contributed by atoms with E-state index in [-0.39, 0.29) is 19.5 Å². The van der Waals surface area contributed by atoms with Gasteiger partial charge >= 0.3 is 0 Å². The van der Waals surface area contributed by atoms with Crippen LogP contribution in [0.2, 0.25) is 0 Å². The first kappa shape index (κ1) is 16.3. The molecule has 0 atom stereocenters. The summed E-state index contributed by atoms with van der Waals surface area (Å²) in [6.07, 6.45) is 0.161. The van der Waals surface area contributed by atoms with Gasteiger partial charge in [-0.05, 0) is 20.8 Å². The predicted octanol–water partition coefficient (Wildman–Crippen LogP) is 0.481. The Labute approximate surface area is 104 Å². The van der Waals surface area contributed by atoms with Gasteiger partial charge in [-0.15, -0.1) is 0 Å². The topological polar surface area (TPSA) is 82.4 Å². The molecule has 0 aliphatic rings. The third-order valence-electron chi connectivity index (χ3n) is 1.79. The highest BCUT2D eigenvalue weighted by Crippen LogP contribution is 2.07. The van der Waals surface area contributed by atoms with Crippen LogP contribution in [0.5, 0.6) is 0 Å². The zero-order valence-corrected chi connectivity index (χ0v) is 11.7. The zero-order valence-electron chi connectivity index (χ0n) is 10.9. The van der Waals surface area contributed by atoms with Crippen LogP contribution in [0.4, 0.5) is 0 Å². The molecule has 6 nitrogen and oxygen atoms in total. The van der Waals surface area contributed by atoms with Crippen LogP contribution in [0.15, 0.2) is 0 Å². The fraction of sp³-hybridized carbons (Fsp3) is 0.900. The number of nitrogens with one attached hydrogen (secondary N) is 1. The molecule has 0 saturated heterocycles. The second-order valence-corrected chi connectivity index (χ2v) is 6.33. The summed E-state index contributed by atoms with van der Waals surface area (Å²) < 4.78 is 32.7. The number of hydrogen-bond acceptors (Lipinski definition) is 4. The van der Waals surface area contributed by atoms with Gasteiger partial charge in [-0.3, -0.25) is 0 Å². The molecule has 0 saturated carbocycles. The zero-order chi connectivity index (χ0) is 13.5. The van der Waals surface area contributed by atoms with E-state index in [0.29, 0.717) is 6.61 Å². The summed E-state index contributed by atoms with van der Waals surface area (Å²) in [5.41, 5.74) is -0.545. The first-order valence-corrected chi connectivity index (χ1v) is 6.82. The Morgan fingerprint density at radius 1 is 1.35 bits per heavy atom. The van der Waals surface area contributed by atoms with Crippen LogP contribution in [-0.2, 0) is 14.9 Å². The summed E-state index contributed by atoms with van der Waals surface area (Å²) in [6, 6.07) is 1.93. The number of nitrogens with zero attached hydrogens (tertiary/aromatic N) is 2. The average Bonchev–Trinajstić information content (AvgIpc) is 2.13. The number of nitriles is 1. The van der Waals surface area contributed by atoms with Crippen molar-refractivity contribution in [3.8, 4) is 6.07 Å². The molecule has 1 N–H and O–H groups in total. The van der Waals surface area contributed by atoms with E-state index in [0.717, 1.165) is 0 Å². The largest absolute Gasteiger partial charge is 0.383 e. The lowest BCUT2D eigenvalue weighted by Gasteiger charge is -2.27. The summed E-state index contributed by atoms with van der Waals surface area (Å²) >= 11 is 0. The molecule has 0 spiro atoms. The van der Waals surface area contributed by atoms with Gasteiger partial charge in [-0.2, -0.15) is 22.7 Å². The van der Waals surface area contributed by atoms with Crippen molar-refractivity contribution in [1.29, 1.82) is 5.26 Å². The van der Waals surface area contributed by atoms with Gasteiger partial charge in [-0.25, -0.2) is 0 Å². The third kappa shape index (κ3) is 7.28. The smallest absolute Gasteiger partial charge is 0.280 e. The van der Waals surface area contributed by atoms with Gasteiger partial charge in [0, 0.05) is 32.2 Å². The second kappa shape index (κ2) is 6.91. The van der Waals surface area contributed by atoms with E-state index in [9.17, 15) is 8.42 Å². The fourth-order valence-corrected chi connectivity index (χ4v) is 2.72. The molecule has 0 unspecified atom stereocenters. The Bertz CT molecular complexity index is 354. The molecule has 0 amide bonds. The van der Waals surface area contributed by atoms with Gasteiger partial charge in [0.25, 0.3) is 10.2 Å². The first-order chi connectivity index (χ1) is 7.73. The second-order valence-electron chi connectivity index (χ2n) is 4.66. The van der Waals surface area contributed by atoms with Gasteiger partial charge in [0.15, 0.2) is 0 Å². The first-order valence-electron chi connectivity index (χ1n) is 5.38. The Hall–Kier alpha value is -0.680. The minimum absolute atomic E-state index is 0.161. The number of ether oxygens (including phenoxy) is 1. The fourth-order valence-electron chi connectivity index (χ4n) is 1.17. The Kier molecular flexibility index (Phi) is 6.64. The van der Waals surface area contributed by atoms with Crippen LogP contribution < -0.4 is 4.72 Å². The van der Waals surface area contributed by atoms with Crippen LogP contribution in [-0.4, -0.2) is 45.1 Å². The molecule has 0 aromatic carbocycles. The van der Waals surface area contributed by atoms with E-state index >= 15 is 0 Å². The maximum Gasteiger partial charge on any atom is 0.280 e. The molecule has 0 heterocycles. The molecule has 0 radical (unpaired) electrons. The Morgan fingerprint density at radius 2 is 1.94 bits per heavy atom. The molecule has 0 fully saturated rings. The summed E-state index contributed by atoms with van der Waals surface area (Å²) in [7, 11) is -2.07. The molecule has 0 aliphatic carbocycles. The molecule has 0 aromatic rings. The summed E-state index contributed by atoms with van der Waals surface area (Å²) in [4.78, 5) is 0. The maximum absolute atomic E-state index is 12.0. The Morgan fingerprint density at radius 3 is 2.35 bits per heavy atom. The van der Waals surface area contributed by atoms with E-state index in [1.54, 1.807) is 20.8 Å². The molecule has 17 heavy (non-hydrogen) atoms. The number of rotatable bonds is 7. The summed E-state index contributed by atoms with van der Waals surface area (Å²) in [5, 5.41) is 8.52. The highest BCUT2D eigenvalue weighted by atomic mass is 32.2. The van der Waals surface area contributed by atoms with E-state index in [1.165, 1.54) is 11.4 Å². The number of hydrogen-bond donors (Lipinski definition) is 1. The molecule has 0 rings (SSSR count). The lowest BCUT2D eigenvalue weighted by Crippen LogP contribution is -2.49. The van der Waals surface area contributed by atoms with Crippen molar-refractivity contribution in [1.82, 2.24) is 9.03 Å². The normalized spacial score (nSPS) is 12.7. The van der Waals surface area contributed by atoms with Crippen LogP contribution in [0.3, 0.4) is 0 Å². The quantitative estimate of drug-likeness (QED) is 0.724. The van der Waals surface area contributed by atoms with Crippen molar-refractivity contribution in [3.63, 3.8) is 0 Å². The molecular weight excluding hydrogens is 242 g/mol. The SMILES string of the molecule is COCCN(CCC#N)S(=O)(=O)NC(C)(C)C. The van der Waals surface area contributed by atoms with Gasteiger partial charge in [0.1, 0.15) is 0 Å². The Balaban J connectivity index is 4.71. The van der Waals surface area contributed by atoms with Gasteiger partial charge in [0.2, 0.25) is 0 Å². The molecule has 100 valence electrons. The van der Waals surface area contributed by atoms with Gasteiger partial charge < -0.3 is 4.74 Å². The molecule has 7 heteroatoms. The monoisotopic (exact) mass is 263 g/mol. The standard InChI is InChI=1S/C10H21N3O3S/c1-10(2,3)12-17(14,15)13(7-5-6-11)8-9-16-4/h12H,5,7-9H2,1-4H3. The molecule has 0 aromatic heterocycles. The van der Waals surface area contributed by atoms with Crippen LogP contribution >= 0.6 is 0 Å². The van der Waals surface area contributed by atoms with Crippen molar-refractivity contribution in [2.24, 2.45) is 0 Å². The highest BCUT2D eigenvalue weighted by molar-refractivity contribution is 7.87. The van der Waals surface area contributed by atoms with Crippen LogP contribution in [0, 0.1) is 11.3 Å². The van der Waals surface area contributed by atoms with E-state index in [2.05, 4.69) is 4.72 Å². The number of methoxy groups -OCH3 is 1. The summed E-state index contributed by atoms with van der Waals surface area (Å²) in [5.74, 6) is 0. The van der Waals surface area contributed by atoms with Crippen LogP contribution in [0.25, 0.3) is 0 Å². The van der Waals surface area contributed by atoms with Crippen molar-refractivity contribution < 1.29 is 13.2 Å². The van der Waals surface area contributed by atoms with Crippen molar-refractivity contribution in [3.05, 3.63) is 0 Å². The highest BCUT2D eigenvalue weighted by Gasteiger charge is 2.26. The predicted molar refractivity (Wildman–Crippen MR) is 65.5 cm³/mol. The van der Waals surface area contributed by atoms with Gasteiger partial charge in [0.05, 0.1) is 12.7 Å². The average molecular weight is 263 g/mol. The van der Waals surface area contributed by atoms with Crippen molar-refractivity contribution in [2.75, 3.05) is 26.8 Å². The maximum atomic E-state index is 12.0. The van der Waals surface area contributed by atoms with Crippen molar-refractivity contribution >= 4 is 10.2 Å². The minimum Gasteiger partial charge on any atom is -0.383 e. The third-order valence-corrected chi connectivity index (χ3v) is 3.71. The van der Waals surface area contributed by atoms with E-state index in [1.807, 2.05) is 6.07 Å². The minimum atomic E-state index is -3.57.